The van der Waals surface area contributed by atoms with E-state index in [0.717, 1.165) is 16.7 Å². The number of hydrogen-bond donors (Lipinski definition) is 1. The summed E-state index contributed by atoms with van der Waals surface area (Å²) in [5.41, 5.74) is 4.12. The summed E-state index contributed by atoms with van der Waals surface area (Å²) in [6.07, 6.45) is 0.156. The number of ether oxygens (including phenoxy) is 2. The fourth-order valence-electron chi connectivity index (χ4n) is 3.75. The summed E-state index contributed by atoms with van der Waals surface area (Å²) in [7, 11) is 0. The molecule has 1 aliphatic heterocycles. The van der Waals surface area contributed by atoms with Gasteiger partial charge in [0, 0.05) is 12.5 Å². The van der Waals surface area contributed by atoms with Gasteiger partial charge in [-0.25, -0.2) is 4.79 Å². The molecule has 1 aliphatic rings. The summed E-state index contributed by atoms with van der Waals surface area (Å²) in [5.74, 6) is -0.557. The van der Waals surface area contributed by atoms with E-state index in [4.69, 9.17) is 9.47 Å². The quantitative estimate of drug-likeness (QED) is 0.765. The predicted molar refractivity (Wildman–Crippen MR) is 114 cm³/mol. The van der Waals surface area contributed by atoms with E-state index in [-0.39, 0.29) is 25.0 Å². The number of carbonyl (C=O) groups is 3. The van der Waals surface area contributed by atoms with Crippen LogP contribution in [-0.4, -0.2) is 37.0 Å². The number of hydrogen-bond acceptors (Lipinski definition) is 5. The second-order valence-electron chi connectivity index (χ2n) is 7.56. The number of esters is 1. The van der Waals surface area contributed by atoms with Gasteiger partial charge in [0.05, 0.1) is 11.4 Å². The Morgan fingerprint density at radius 2 is 1.77 bits per heavy atom. The van der Waals surface area contributed by atoms with Gasteiger partial charge in [-0.05, 0) is 51.0 Å². The molecule has 0 radical (unpaired) electrons. The van der Waals surface area contributed by atoms with Gasteiger partial charge in [-0.3, -0.25) is 9.59 Å². The van der Waals surface area contributed by atoms with Gasteiger partial charge in [0.2, 0.25) is 5.91 Å². The van der Waals surface area contributed by atoms with Crippen LogP contribution in [0, 0.1) is 20.8 Å². The first-order valence-corrected chi connectivity index (χ1v) is 9.83. The van der Waals surface area contributed by atoms with Crippen molar-refractivity contribution < 1.29 is 23.9 Å². The van der Waals surface area contributed by atoms with Gasteiger partial charge in [-0.2, -0.15) is 0 Å². The Labute approximate surface area is 176 Å². The van der Waals surface area contributed by atoms with Crippen molar-refractivity contribution >= 4 is 29.2 Å². The Hall–Kier alpha value is -3.35. The molecule has 30 heavy (non-hydrogen) atoms. The van der Waals surface area contributed by atoms with Crippen LogP contribution >= 0.6 is 0 Å². The van der Waals surface area contributed by atoms with Crippen molar-refractivity contribution in [1.82, 2.24) is 0 Å². The molecule has 2 aromatic carbocycles. The minimum absolute atomic E-state index is 0.156. The largest absolute Gasteiger partial charge is 0.481 e. The van der Waals surface area contributed by atoms with E-state index >= 15 is 0 Å². The number of amides is 2. The standard InChI is InChI=1S/C23H26N2O5/c1-14-9-15(2)23(16(3)10-14)30-13-22(28)29-12-21(27)25-17(4)11-20(26)24-18-7-5-6-8-19(18)25/h5-10,17H,11-13H2,1-4H3,(H,24,26)/t17-/m0/s1. The predicted octanol–water partition coefficient (Wildman–Crippen LogP) is 3.30. The van der Waals surface area contributed by atoms with E-state index in [1.54, 1.807) is 31.2 Å². The van der Waals surface area contributed by atoms with E-state index in [2.05, 4.69) is 5.32 Å². The maximum absolute atomic E-state index is 12.8. The highest BCUT2D eigenvalue weighted by atomic mass is 16.6. The summed E-state index contributed by atoms with van der Waals surface area (Å²) in [5, 5.41) is 2.79. The third-order valence-electron chi connectivity index (χ3n) is 4.92. The van der Waals surface area contributed by atoms with E-state index in [0.29, 0.717) is 17.1 Å². The van der Waals surface area contributed by atoms with Crippen LogP contribution in [0.4, 0.5) is 11.4 Å². The van der Waals surface area contributed by atoms with E-state index in [1.165, 1.54) is 4.90 Å². The molecular formula is C23H26N2O5. The van der Waals surface area contributed by atoms with Crippen molar-refractivity contribution in [2.45, 2.75) is 40.2 Å². The van der Waals surface area contributed by atoms with Crippen LogP contribution in [0.2, 0.25) is 0 Å². The molecule has 1 atom stereocenters. The number of nitrogens with zero attached hydrogens (tertiary/aromatic N) is 1. The Morgan fingerprint density at radius 1 is 1.10 bits per heavy atom. The summed E-state index contributed by atoms with van der Waals surface area (Å²) < 4.78 is 10.8. The highest BCUT2D eigenvalue weighted by Gasteiger charge is 2.30. The fraction of sp³-hybridized carbons (Fsp3) is 0.348. The molecule has 1 N–H and O–H groups in total. The minimum Gasteiger partial charge on any atom is -0.481 e. The zero-order valence-electron chi connectivity index (χ0n) is 17.7. The molecular weight excluding hydrogens is 384 g/mol. The van der Waals surface area contributed by atoms with Crippen LogP contribution in [0.5, 0.6) is 5.75 Å². The first-order chi connectivity index (χ1) is 14.3. The average Bonchev–Trinajstić information content (AvgIpc) is 2.79. The van der Waals surface area contributed by atoms with Crippen molar-refractivity contribution in [3.05, 3.63) is 53.1 Å². The summed E-state index contributed by atoms with van der Waals surface area (Å²) >= 11 is 0. The number of nitrogens with one attached hydrogen (secondary N) is 1. The van der Waals surface area contributed by atoms with Crippen LogP contribution in [0.3, 0.4) is 0 Å². The van der Waals surface area contributed by atoms with Crippen LogP contribution in [0.15, 0.2) is 36.4 Å². The SMILES string of the molecule is Cc1cc(C)c(OCC(=O)OCC(=O)N2c3ccccc3NC(=O)C[C@@H]2C)c(C)c1. The van der Waals surface area contributed by atoms with Gasteiger partial charge < -0.3 is 19.7 Å². The van der Waals surface area contributed by atoms with E-state index < -0.39 is 18.5 Å². The maximum atomic E-state index is 12.8. The number of aryl methyl sites for hydroxylation is 3. The molecule has 0 spiro atoms. The van der Waals surface area contributed by atoms with Gasteiger partial charge in [-0.15, -0.1) is 0 Å². The van der Waals surface area contributed by atoms with Gasteiger partial charge >= 0.3 is 5.97 Å². The molecule has 0 saturated carbocycles. The zero-order valence-corrected chi connectivity index (χ0v) is 17.7. The lowest BCUT2D eigenvalue weighted by Crippen LogP contribution is -2.41. The van der Waals surface area contributed by atoms with Crippen molar-refractivity contribution in [3.8, 4) is 5.75 Å². The molecule has 0 saturated heterocycles. The highest BCUT2D eigenvalue weighted by molar-refractivity contribution is 6.05. The number of fused-ring (bicyclic) bond motifs is 1. The lowest BCUT2D eigenvalue weighted by Gasteiger charge is -2.27. The monoisotopic (exact) mass is 410 g/mol. The summed E-state index contributed by atoms with van der Waals surface area (Å²) in [4.78, 5) is 38.5. The van der Waals surface area contributed by atoms with Crippen molar-refractivity contribution in [2.75, 3.05) is 23.4 Å². The second kappa shape index (κ2) is 8.98. The Bertz CT molecular complexity index is 962. The summed E-state index contributed by atoms with van der Waals surface area (Å²) in [6, 6.07) is 10.6. The first-order valence-electron chi connectivity index (χ1n) is 9.83. The minimum atomic E-state index is -0.632. The lowest BCUT2D eigenvalue weighted by molar-refractivity contribution is -0.150. The number of carbonyl (C=O) groups excluding carboxylic acids is 3. The lowest BCUT2D eigenvalue weighted by atomic mass is 10.1. The molecule has 0 fully saturated rings. The van der Waals surface area contributed by atoms with Crippen molar-refractivity contribution in [3.63, 3.8) is 0 Å². The van der Waals surface area contributed by atoms with Crippen LogP contribution < -0.4 is 15.0 Å². The molecule has 7 nitrogen and oxygen atoms in total. The first kappa shape index (κ1) is 21.4. The second-order valence-corrected chi connectivity index (χ2v) is 7.56. The van der Waals surface area contributed by atoms with E-state index in [1.807, 2.05) is 32.9 Å². The highest BCUT2D eigenvalue weighted by Crippen LogP contribution is 2.31. The third-order valence-corrected chi connectivity index (χ3v) is 4.92. The number of para-hydroxylation sites is 2. The van der Waals surface area contributed by atoms with Crippen LogP contribution in [-0.2, 0) is 19.1 Å². The molecule has 1 heterocycles. The molecule has 3 rings (SSSR count). The molecule has 7 heteroatoms. The molecule has 2 aromatic rings. The Morgan fingerprint density at radius 3 is 2.47 bits per heavy atom. The van der Waals surface area contributed by atoms with Gasteiger partial charge in [0.25, 0.3) is 5.91 Å². The molecule has 0 aliphatic carbocycles. The number of benzene rings is 2. The summed E-state index contributed by atoms with van der Waals surface area (Å²) in [6.45, 7) is 6.89. The molecule has 2 amide bonds. The van der Waals surface area contributed by atoms with E-state index in [9.17, 15) is 14.4 Å². The van der Waals surface area contributed by atoms with Crippen LogP contribution in [0.25, 0.3) is 0 Å². The van der Waals surface area contributed by atoms with Crippen molar-refractivity contribution in [1.29, 1.82) is 0 Å². The molecule has 158 valence electrons. The zero-order chi connectivity index (χ0) is 21.8. The maximum Gasteiger partial charge on any atom is 0.344 e. The Balaban J connectivity index is 1.62. The van der Waals surface area contributed by atoms with Crippen LogP contribution in [0.1, 0.15) is 30.0 Å². The molecule has 0 unspecified atom stereocenters. The van der Waals surface area contributed by atoms with Crippen molar-refractivity contribution in [2.24, 2.45) is 0 Å². The normalized spacial score (nSPS) is 15.7. The molecule has 0 aromatic heterocycles. The van der Waals surface area contributed by atoms with Gasteiger partial charge in [0.15, 0.2) is 13.2 Å². The Kier molecular flexibility index (Phi) is 6.40. The molecule has 0 bridgehead atoms. The smallest absolute Gasteiger partial charge is 0.344 e. The van der Waals surface area contributed by atoms with Gasteiger partial charge in [-0.1, -0.05) is 29.8 Å². The fourth-order valence-corrected chi connectivity index (χ4v) is 3.75. The topological polar surface area (TPSA) is 84.9 Å². The van der Waals surface area contributed by atoms with Gasteiger partial charge in [0.1, 0.15) is 5.75 Å². The average molecular weight is 410 g/mol. The number of anilines is 2. The third kappa shape index (κ3) is 4.79. The number of rotatable bonds is 5.